The Kier molecular flexibility index (Phi) is 4.82. The van der Waals surface area contributed by atoms with Gasteiger partial charge in [0.1, 0.15) is 12.2 Å². The number of carbonyl (C=O) groups excluding carboxylic acids is 1. The van der Waals surface area contributed by atoms with Gasteiger partial charge in [-0.2, -0.15) is 0 Å². The van der Waals surface area contributed by atoms with Crippen LogP contribution < -0.4 is 16.6 Å². The molecule has 0 unspecified atom stereocenters. The zero-order valence-corrected chi connectivity index (χ0v) is 13.3. The van der Waals surface area contributed by atoms with Crippen molar-refractivity contribution in [2.24, 2.45) is 0 Å². The fourth-order valence-corrected chi connectivity index (χ4v) is 3.15. The summed E-state index contributed by atoms with van der Waals surface area (Å²) in [6, 6.07) is 8.46. The summed E-state index contributed by atoms with van der Waals surface area (Å²) >= 11 is 0. The molecule has 1 heterocycles. The van der Waals surface area contributed by atoms with Gasteiger partial charge in [0.25, 0.3) is 11.5 Å². The highest BCUT2D eigenvalue weighted by atomic mass is 16.3. The highest BCUT2D eigenvalue weighted by Crippen LogP contribution is 2.28. The zero-order chi connectivity index (χ0) is 18.0. The van der Waals surface area contributed by atoms with Crippen molar-refractivity contribution in [2.45, 2.75) is 37.1 Å². The lowest BCUT2D eigenvalue weighted by Gasteiger charge is -2.38. The van der Waals surface area contributed by atoms with Gasteiger partial charge in [0, 0.05) is 17.8 Å². The van der Waals surface area contributed by atoms with Crippen LogP contribution in [-0.4, -0.2) is 43.9 Å². The highest BCUT2D eigenvalue weighted by molar-refractivity contribution is 5.94. The van der Waals surface area contributed by atoms with Crippen molar-refractivity contribution >= 4 is 5.91 Å². The molecule has 1 fully saturated rings. The maximum absolute atomic E-state index is 12.2. The van der Waals surface area contributed by atoms with Gasteiger partial charge < -0.3 is 15.5 Å². The van der Waals surface area contributed by atoms with Crippen LogP contribution in [0.4, 0.5) is 0 Å². The van der Waals surface area contributed by atoms with Gasteiger partial charge in [-0.3, -0.25) is 19.1 Å². The van der Waals surface area contributed by atoms with Crippen LogP contribution in [0.3, 0.4) is 0 Å². The molecule has 132 valence electrons. The first kappa shape index (κ1) is 17.1. The van der Waals surface area contributed by atoms with Crippen LogP contribution in [0, 0.1) is 0 Å². The van der Waals surface area contributed by atoms with Crippen LogP contribution in [0.5, 0.6) is 0 Å². The summed E-state index contributed by atoms with van der Waals surface area (Å²) in [6.45, 7) is 0. The average Bonchev–Trinajstić information content (AvgIpc) is 2.61. The third kappa shape index (κ3) is 3.54. The van der Waals surface area contributed by atoms with Crippen molar-refractivity contribution in [2.75, 3.05) is 0 Å². The van der Waals surface area contributed by atoms with E-state index in [0.29, 0.717) is 18.4 Å². The largest absolute Gasteiger partial charge is 0.388 e. The Morgan fingerprint density at radius 3 is 2.48 bits per heavy atom. The van der Waals surface area contributed by atoms with Crippen LogP contribution in [0.2, 0.25) is 0 Å². The molecule has 8 heteroatoms. The van der Waals surface area contributed by atoms with Crippen LogP contribution in [-0.2, 0) is 0 Å². The molecular formula is C17H19N3O5. The predicted octanol–water partition coefficient (Wildman–Crippen LogP) is -0.608. The van der Waals surface area contributed by atoms with Gasteiger partial charge in [0.05, 0.1) is 12.1 Å². The van der Waals surface area contributed by atoms with E-state index < -0.39 is 35.5 Å². The predicted molar refractivity (Wildman–Crippen MR) is 89.3 cm³/mol. The summed E-state index contributed by atoms with van der Waals surface area (Å²) in [5.41, 5.74) is -0.709. The lowest BCUT2D eigenvalue weighted by Crippen LogP contribution is -2.55. The van der Waals surface area contributed by atoms with E-state index in [0.717, 1.165) is 0 Å². The maximum atomic E-state index is 12.2. The number of nitrogens with one attached hydrogen (secondary N) is 2. The molecule has 4 atom stereocenters. The lowest BCUT2D eigenvalue weighted by atomic mass is 9.85. The standard InChI is InChI=1S/C17H19N3O5/c21-13-8-9-20(17(25)19-13)12-7-6-11(14(22)15(12)23)18-16(24)10-4-2-1-3-5-10/h1-5,8-9,11-12,14-15,22-23H,6-7H2,(H,18,24)(H,19,21,25)/t11-,12-,14-,15-/m1/s1. The zero-order valence-electron chi connectivity index (χ0n) is 13.3. The number of rotatable bonds is 3. The van der Waals surface area contributed by atoms with Gasteiger partial charge in [-0.25, -0.2) is 4.79 Å². The van der Waals surface area contributed by atoms with E-state index in [4.69, 9.17) is 0 Å². The lowest BCUT2D eigenvalue weighted by molar-refractivity contribution is -0.0570. The second-order valence-electron chi connectivity index (χ2n) is 6.09. The van der Waals surface area contributed by atoms with E-state index in [1.165, 1.54) is 16.8 Å². The molecule has 1 aliphatic carbocycles. The van der Waals surface area contributed by atoms with Gasteiger partial charge in [-0.15, -0.1) is 0 Å². The highest BCUT2D eigenvalue weighted by Gasteiger charge is 2.39. The first-order valence-corrected chi connectivity index (χ1v) is 8.01. The van der Waals surface area contributed by atoms with E-state index in [-0.39, 0.29) is 5.91 Å². The minimum Gasteiger partial charge on any atom is -0.388 e. The number of hydrogen-bond acceptors (Lipinski definition) is 5. The number of nitrogens with zero attached hydrogens (tertiary/aromatic N) is 1. The van der Waals surface area contributed by atoms with E-state index in [2.05, 4.69) is 10.3 Å². The van der Waals surface area contributed by atoms with Crippen molar-refractivity contribution in [3.05, 3.63) is 69.0 Å². The number of carbonyl (C=O) groups is 1. The smallest absolute Gasteiger partial charge is 0.328 e. The molecule has 0 bridgehead atoms. The normalized spacial score (nSPS) is 26.2. The van der Waals surface area contributed by atoms with Gasteiger partial charge in [0.2, 0.25) is 0 Å². The van der Waals surface area contributed by atoms with E-state index in [1.807, 2.05) is 0 Å². The Morgan fingerprint density at radius 2 is 1.80 bits per heavy atom. The Morgan fingerprint density at radius 1 is 1.08 bits per heavy atom. The summed E-state index contributed by atoms with van der Waals surface area (Å²) < 4.78 is 1.20. The number of benzene rings is 1. The number of amides is 1. The Hall–Kier alpha value is -2.71. The topological polar surface area (TPSA) is 124 Å². The molecule has 8 nitrogen and oxygen atoms in total. The Balaban J connectivity index is 1.73. The van der Waals surface area contributed by atoms with Crippen LogP contribution in [0.25, 0.3) is 0 Å². The first-order chi connectivity index (χ1) is 12.0. The fraction of sp³-hybridized carbons (Fsp3) is 0.353. The van der Waals surface area contributed by atoms with Crippen molar-refractivity contribution < 1.29 is 15.0 Å². The third-order valence-electron chi connectivity index (χ3n) is 4.49. The maximum Gasteiger partial charge on any atom is 0.328 e. The molecule has 0 radical (unpaired) electrons. The van der Waals surface area contributed by atoms with E-state index >= 15 is 0 Å². The van der Waals surface area contributed by atoms with Crippen LogP contribution in [0.15, 0.2) is 52.2 Å². The molecule has 1 saturated carbocycles. The van der Waals surface area contributed by atoms with Crippen molar-refractivity contribution in [3.63, 3.8) is 0 Å². The quantitative estimate of drug-likeness (QED) is 0.591. The summed E-state index contributed by atoms with van der Waals surface area (Å²) in [7, 11) is 0. The number of aromatic amines is 1. The van der Waals surface area contributed by atoms with Crippen LogP contribution in [0.1, 0.15) is 29.2 Å². The van der Waals surface area contributed by atoms with Gasteiger partial charge in [-0.1, -0.05) is 18.2 Å². The molecule has 1 aromatic heterocycles. The second-order valence-corrected chi connectivity index (χ2v) is 6.09. The average molecular weight is 345 g/mol. The van der Waals surface area contributed by atoms with Crippen LogP contribution >= 0.6 is 0 Å². The molecule has 2 aromatic rings. The summed E-state index contributed by atoms with van der Waals surface area (Å²) in [5.74, 6) is -0.337. The minimum atomic E-state index is -1.25. The Labute approximate surface area is 142 Å². The summed E-state index contributed by atoms with van der Waals surface area (Å²) in [6.07, 6.45) is -0.439. The van der Waals surface area contributed by atoms with Crippen molar-refractivity contribution in [1.29, 1.82) is 0 Å². The first-order valence-electron chi connectivity index (χ1n) is 8.01. The van der Waals surface area contributed by atoms with Gasteiger partial charge in [-0.05, 0) is 25.0 Å². The SMILES string of the molecule is O=C(N[C@@H]1CC[C@@H](n2ccc(=O)[nH]c2=O)[C@@H](O)[C@@H]1O)c1ccccc1. The number of aromatic nitrogens is 2. The number of aliphatic hydroxyl groups is 2. The molecule has 0 spiro atoms. The monoisotopic (exact) mass is 345 g/mol. The van der Waals surface area contributed by atoms with Crippen molar-refractivity contribution in [1.82, 2.24) is 14.9 Å². The number of aliphatic hydroxyl groups excluding tert-OH is 2. The molecular weight excluding hydrogens is 326 g/mol. The van der Waals surface area contributed by atoms with E-state index in [9.17, 15) is 24.6 Å². The number of H-pyrrole nitrogens is 1. The second kappa shape index (κ2) is 7.04. The molecule has 1 amide bonds. The molecule has 3 rings (SSSR count). The Bertz CT molecular complexity index is 860. The molecule has 1 aromatic carbocycles. The fourth-order valence-electron chi connectivity index (χ4n) is 3.15. The molecule has 4 N–H and O–H groups in total. The van der Waals surface area contributed by atoms with Crippen molar-refractivity contribution in [3.8, 4) is 0 Å². The van der Waals surface area contributed by atoms with Gasteiger partial charge in [0.15, 0.2) is 0 Å². The van der Waals surface area contributed by atoms with E-state index in [1.54, 1.807) is 30.3 Å². The summed E-state index contributed by atoms with van der Waals surface area (Å²) in [5, 5.41) is 23.5. The third-order valence-corrected chi connectivity index (χ3v) is 4.49. The van der Waals surface area contributed by atoms with Gasteiger partial charge >= 0.3 is 5.69 Å². The molecule has 1 aliphatic rings. The molecule has 25 heavy (non-hydrogen) atoms. The number of hydrogen-bond donors (Lipinski definition) is 4. The molecule has 0 aliphatic heterocycles. The minimum absolute atomic E-state index is 0.337. The molecule has 0 saturated heterocycles. The summed E-state index contributed by atoms with van der Waals surface area (Å²) in [4.78, 5) is 37.4.